The Morgan fingerprint density at radius 1 is 0.652 bits per heavy atom. The third-order valence-electron chi connectivity index (χ3n) is 4.54. The monoisotopic (exact) mass is 328 g/mol. The molecule has 0 saturated carbocycles. The Kier molecular flexibility index (Phi) is 19.8. The molecule has 3 heteroatoms. The van der Waals surface area contributed by atoms with E-state index in [2.05, 4.69) is 31.0 Å². The van der Waals surface area contributed by atoms with Crippen LogP contribution >= 0.6 is 0 Å². The predicted octanol–water partition coefficient (Wildman–Crippen LogP) is 4.86. The minimum Gasteiger partial charge on any atom is -0.380 e. The number of nitrogens with one attached hydrogen (secondary N) is 1. The lowest BCUT2D eigenvalue weighted by Gasteiger charge is -2.17. The van der Waals surface area contributed by atoms with Gasteiger partial charge < -0.3 is 15.0 Å². The molecule has 0 unspecified atom stereocenters. The van der Waals surface area contributed by atoms with Crippen LogP contribution in [0.15, 0.2) is 0 Å². The lowest BCUT2D eigenvalue weighted by atomic mass is 10.1. The van der Waals surface area contributed by atoms with Crippen LogP contribution < -0.4 is 5.32 Å². The van der Waals surface area contributed by atoms with E-state index in [1.165, 1.54) is 83.8 Å². The zero-order valence-electron chi connectivity index (χ0n) is 16.4. The summed E-state index contributed by atoms with van der Waals surface area (Å²) in [6.45, 7) is 14.2. The maximum Gasteiger partial charge on any atom is 0.0590 e. The van der Waals surface area contributed by atoms with Gasteiger partial charge in [-0.2, -0.15) is 0 Å². The summed E-state index contributed by atoms with van der Waals surface area (Å²) in [5.41, 5.74) is 0. The van der Waals surface area contributed by atoms with Crippen LogP contribution in [-0.2, 0) is 4.74 Å². The lowest BCUT2D eigenvalue weighted by molar-refractivity contribution is 0.131. The molecule has 0 aliphatic carbocycles. The standard InChI is InChI=1S/C20H44N2O/c1-4-7-8-9-10-11-12-13-14-19-23-20-17-21-16-15-18-22(5-2)6-3/h21H,4-20H2,1-3H3. The second kappa shape index (κ2) is 19.9. The van der Waals surface area contributed by atoms with Crippen molar-refractivity contribution in [2.45, 2.75) is 85.0 Å². The first-order valence-electron chi connectivity index (χ1n) is 10.4. The first kappa shape index (κ1) is 22.9. The molecule has 0 amide bonds. The zero-order chi connectivity index (χ0) is 17.0. The van der Waals surface area contributed by atoms with Crippen LogP contribution in [0, 0.1) is 0 Å². The second-order valence-corrected chi connectivity index (χ2v) is 6.57. The summed E-state index contributed by atoms with van der Waals surface area (Å²) in [7, 11) is 0. The van der Waals surface area contributed by atoms with Gasteiger partial charge in [-0.25, -0.2) is 0 Å². The molecule has 0 spiro atoms. The van der Waals surface area contributed by atoms with Crippen LogP contribution in [0.25, 0.3) is 0 Å². The molecule has 0 bridgehead atoms. The van der Waals surface area contributed by atoms with Crippen molar-refractivity contribution in [2.75, 3.05) is 45.9 Å². The van der Waals surface area contributed by atoms with Crippen molar-refractivity contribution in [1.29, 1.82) is 0 Å². The molecule has 0 radical (unpaired) electrons. The maximum atomic E-state index is 5.69. The van der Waals surface area contributed by atoms with Gasteiger partial charge in [-0.15, -0.1) is 0 Å². The van der Waals surface area contributed by atoms with Crippen molar-refractivity contribution in [3.05, 3.63) is 0 Å². The van der Waals surface area contributed by atoms with Crippen molar-refractivity contribution in [1.82, 2.24) is 10.2 Å². The van der Waals surface area contributed by atoms with Gasteiger partial charge in [-0.3, -0.25) is 0 Å². The average Bonchev–Trinajstić information content (AvgIpc) is 2.58. The molecule has 23 heavy (non-hydrogen) atoms. The molecule has 1 N–H and O–H groups in total. The van der Waals surface area contributed by atoms with Crippen molar-refractivity contribution >= 4 is 0 Å². The molecule has 0 aliphatic rings. The van der Waals surface area contributed by atoms with E-state index in [1.807, 2.05) is 0 Å². The van der Waals surface area contributed by atoms with Gasteiger partial charge in [0.1, 0.15) is 0 Å². The molecule has 0 aromatic rings. The van der Waals surface area contributed by atoms with Gasteiger partial charge in [0, 0.05) is 13.2 Å². The Labute approximate surface area is 146 Å². The minimum atomic E-state index is 0.863. The molecule has 140 valence electrons. The average molecular weight is 329 g/mol. The smallest absolute Gasteiger partial charge is 0.0590 e. The Bertz CT molecular complexity index is 208. The van der Waals surface area contributed by atoms with E-state index in [0.29, 0.717) is 0 Å². The molecule has 0 aromatic carbocycles. The predicted molar refractivity (Wildman–Crippen MR) is 103 cm³/mol. The van der Waals surface area contributed by atoms with Gasteiger partial charge in [-0.05, 0) is 39.0 Å². The fraction of sp³-hybridized carbons (Fsp3) is 1.00. The van der Waals surface area contributed by atoms with Crippen molar-refractivity contribution in [3.8, 4) is 0 Å². The molecule has 0 heterocycles. The maximum absolute atomic E-state index is 5.69. The molecule has 0 aliphatic heterocycles. The van der Waals surface area contributed by atoms with E-state index in [0.717, 1.165) is 26.3 Å². The highest BCUT2D eigenvalue weighted by Gasteiger charge is 1.97. The first-order chi connectivity index (χ1) is 11.3. The fourth-order valence-electron chi connectivity index (χ4n) is 2.85. The Hall–Kier alpha value is -0.120. The van der Waals surface area contributed by atoms with E-state index in [9.17, 15) is 0 Å². The SMILES string of the molecule is CCCCCCCCCCCOCCNCCCN(CC)CC. The van der Waals surface area contributed by atoms with Gasteiger partial charge in [0.05, 0.1) is 6.61 Å². The van der Waals surface area contributed by atoms with E-state index >= 15 is 0 Å². The number of ether oxygens (including phenoxy) is 1. The summed E-state index contributed by atoms with van der Waals surface area (Å²) in [4.78, 5) is 2.47. The number of rotatable bonds is 19. The summed E-state index contributed by atoms with van der Waals surface area (Å²) >= 11 is 0. The normalized spacial score (nSPS) is 11.5. The van der Waals surface area contributed by atoms with E-state index < -0.39 is 0 Å². The Balaban J connectivity index is 3.02. The lowest BCUT2D eigenvalue weighted by Crippen LogP contribution is -2.28. The molecule has 3 nitrogen and oxygen atoms in total. The van der Waals surface area contributed by atoms with Crippen LogP contribution in [0.3, 0.4) is 0 Å². The highest BCUT2D eigenvalue weighted by molar-refractivity contribution is 4.55. The summed E-state index contributed by atoms with van der Waals surface area (Å²) in [5.74, 6) is 0. The van der Waals surface area contributed by atoms with Crippen LogP contribution in [0.2, 0.25) is 0 Å². The molecule has 0 fully saturated rings. The third kappa shape index (κ3) is 18.1. The van der Waals surface area contributed by atoms with Gasteiger partial charge in [-0.1, -0.05) is 72.1 Å². The summed E-state index contributed by atoms with van der Waals surface area (Å²) in [6, 6.07) is 0. The largest absolute Gasteiger partial charge is 0.380 e. The summed E-state index contributed by atoms with van der Waals surface area (Å²) in [6.07, 6.45) is 13.7. The van der Waals surface area contributed by atoms with Gasteiger partial charge in [0.2, 0.25) is 0 Å². The van der Waals surface area contributed by atoms with Gasteiger partial charge in [0.15, 0.2) is 0 Å². The summed E-state index contributed by atoms with van der Waals surface area (Å²) < 4.78 is 5.69. The van der Waals surface area contributed by atoms with E-state index in [4.69, 9.17) is 4.74 Å². The fourth-order valence-corrected chi connectivity index (χ4v) is 2.85. The first-order valence-corrected chi connectivity index (χ1v) is 10.4. The van der Waals surface area contributed by atoms with Crippen molar-refractivity contribution in [2.24, 2.45) is 0 Å². The Morgan fingerprint density at radius 2 is 1.26 bits per heavy atom. The third-order valence-corrected chi connectivity index (χ3v) is 4.54. The molecular formula is C20H44N2O. The molecular weight excluding hydrogens is 284 g/mol. The molecule has 0 aromatic heterocycles. The van der Waals surface area contributed by atoms with Crippen molar-refractivity contribution in [3.63, 3.8) is 0 Å². The van der Waals surface area contributed by atoms with Gasteiger partial charge >= 0.3 is 0 Å². The number of hydrogen-bond donors (Lipinski definition) is 1. The zero-order valence-corrected chi connectivity index (χ0v) is 16.4. The second-order valence-electron chi connectivity index (χ2n) is 6.57. The quantitative estimate of drug-likeness (QED) is 0.343. The van der Waals surface area contributed by atoms with Crippen LogP contribution in [0.4, 0.5) is 0 Å². The highest BCUT2D eigenvalue weighted by atomic mass is 16.5. The number of hydrogen-bond acceptors (Lipinski definition) is 3. The molecule has 0 rings (SSSR count). The van der Waals surface area contributed by atoms with Crippen molar-refractivity contribution < 1.29 is 4.74 Å². The highest BCUT2D eigenvalue weighted by Crippen LogP contribution is 2.09. The van der Waals surface area contributed by atoms with E-state index in [1.54, 1.807) is 0 Å². The van der Waals surface area contributed by atoms with Crippen LogP contribution in [0.5, 0.6) is 0 Å². The van der Waals surface area contributed by atoms with Crippen LogP contribution in [0.1, 0.15) is 85.0 Å². The summed E-state index contributed by atoms with van der Waals surface area (Å²) in [5, 5.41) is 3.47. The van der Waals surface area contributed by atoms with Crippen LogP contribution in [-0.4, -0.2) is 50.8 Å². The molecule has 0 saturated heterocycles. The Morgan fingerprint density at radius 3 is 1.87 bits per heavy atom. The number of nitrogens with zero attached hydrogens (tertiary/aromatic N) is 1. The number of unbranched alkanes of at least 4 members (excludes halogenated alkanes) is 8. The van der Waals surface area contributed by atoms with Gasteiger partial charge in [0.25, 0.3) is 0 Å². The topological polar surface area (TPSA) is 24.5 Å². The molecule has 0 atom stereocenters. The van der Waals surface area contributed by atoms with E-state index in [-0.39, 0.29) is 0 Å². The minimum absolute atomic E-state index is 0.863.